The lowest BCUT2D eigenvalue weighted by molar-refractivity contribution is 0.00863. The molecule has 33 heavy (non-hydrogen) atoms. The van der Waals surface area contributed by atoms with Crippen molar-refractivity contribution in [3.63, 3.8) is 0 Å². The van der Waals surface area contributed by atoms with Crippen LogP contribution in [0.4, 0.5) is 0 Å². The fourth-order valence-corrected chi connectivity index (χ4v) is 4.83. The molecule has 2 aliphatic heterocycles. The number of benzene rings is 1. The summed E-state index contributed by atoms with van der Waals surface area (Å²) in [7, 11) is 0. The fourth-order valence-electron chi connectivity index (χ4n) is 4.01. The average Bonchev–Trinajstić information content (AvgIpc) is 3.35. The number of piperazine rings is 1. The lowest BCUT2D eigenvalue weighted by atomic mass is 10.0. The molecule has 5 rings (SSSR count). The first-order chi connectivity index (χ1) is 16.1. The first-order valence-corrected chi connectivity index (χ1v) is 12.3. The Hall–Kier alpha value is -2.82. The van der Waals surface area contributed by atoms with Crippen LogP contribution in [-0.2, 0) is 0 Å². The average molecular weight is 528 g/mol. The van der Waals surface area contributed by atoms with Gasteiger partial charge in [-0.3, -0.25) is 19.5 Å². The Morgan fingerprint density at radius 2 is 1.70 bits per heavy atom. The smallest absolute Gasteiger partial charge is 0.265 e. The molecule has 0 saturated carbocycles. The van der Waals surface area contributed by atoms with Gasteiger partial charge in [-0.25, -0.2) is 4.98 Å². The number of likely N-dealkylation sites (tertiary alicyclic amines) is 1. The minimum Gasteiger partial charge on any atom is -0.439 e. The van der Waals surface area contributed by atoms with E-state index < -0.39 is 0 Å². The molecule has 0 atom stereocenters. The highest BCUT2D eigenvalue weighted by Gasteiger charge is 2.37. The van der Waals surface area contributed by atoms with Crippen molar-refractivity contribution in [2.24, 2.45) is 0 Å². The third kappa shape index (κ3) is 4.92. The minimum absolute atomic E-state index is 0.0265. The number of amides is 2. The van der Waals surface area contributed by atoms with Crippen LogP contribution in [-0.4, -0.2) is 81.8 Å². The Labute approximate surface area is 203 Å². The van der Waals surface area contributed by atoms with Crippen molar-refractivity contribution in [3.8, 4) is 11.6 Å². The van der Waals surface area contributed by atoms with Crippen molar-refractivity contribution in [1.29, 1.82) is 0 Å². The highest BCUT2D eigenvalue weighted by Crippen LogP contribution is 2.24. The SMILES string of the molecule is O=C(c1ccc(Oc2ccc(Br)cn2)cc1)N1CC(N2CCN(C(=O)c3cncs3)CC2)C1. The molecule has 8 nitrogen and oxygen atoms in total. The second-order valence-corrected chi connectivity index (χ2v) is 9.80. The van der Waals surface area contributed by atoms with Crippen molar-refractivity contribution >= 4 is 39.1 Å². The highest BCUT2D eigenvalue weighted by atomic mass is 79.9. The number of thiazole rings is 1. The lowest BCUT2D eigenvalue weighted by Crippen LogP contribution is -2.64. The van der Waals surface area contributed by atoms with Crippen LogP contribution in [0.3, 0.4) is 0 Å². The topological polar surface area (TPSA) is 78.9 Å². The van der Waals surface area contributed by atoms with E-state index in [1.807, 2.05) is 15.9 Å². The van der Waals surface area contributed by atoms with E-state index in [0.717, 1.165) is 17.6 Å². The Morgan fingerprint density at radius 1 is 0.939 bits per heavy atom. The van der Waals surface area contributed by atoms with Gasteiger partial charge in [-0.2, -0.15) is 0 Å². The van der Waals surface area contributed by atoms with Gasteiger partial charge in [-0.1, -0.05) is 0 Å². The second-order valence-electron chi connectivity index (χ2n) is 8.00. The van der Waals surface area contributed by atoms with Crippen molar-refractivity contribution in [3.05, 3.63) is 69.2 Å². The van der Waals surface area contributed by atoms with E-state index >= 15 is 0 Å². The third-order valence-corrected chi connectivity index (χ3v) is 7.16. The van der Waals surface area contributed by atoms with Crippen LogP contribution < -0.4 is 4.74 Å². The zero-order valence-corrected chi connectivity index (χ0v) is 20.2. The lowest BCUT2D eigenvalue weighted by Gasteiger charge is -2.48. The van der Waals surface area contributed by atoms with Crippen LogP contribution in [0.1, 0.15) is 20.0 Å². The van der Waals surface area contributed by atoms with Crippen LogP contribution >= 0.6 is 27.3 Å². The molecule has 2 fully saturated rings. The zero-order chi connectivity index (χ0) is 22.8. The molecule has 10 heteroatoms. The largest absolute Gasteiger partial charge is 0.439 e. The molecule has 0 unspecified atom stereocenters. The van der Waals surface area contributed by atoms with Gasteiger partial charge in [0.2, 0.25) is 5.88 Å². The van der Waals surface area contributed by atoms with Crippen LogP contribution in [0, 0.1) is 0 Å². The number of hydrogen-bond acceptors (Lipinski definition) is 7. The van der Waals surface area contributed by atoms with E-state index in [-0.39, 0.29) is 11.8 Å². The molecule has 2 saturated heterocycles. The standard InChI is InChI=1S/C23H22BrN5O3S/c24-17-3-6-21(26-11-17)32-19-4-1-16(2-5-19)22(30)29-13-18(14-29)27-7-9-28(10-8-27)23(31)20-12-25-15-33-20/h1-6,11-12,15,18H,7-10,13-14H2. The molecule has 0 bridgehead atoms. The summed E-state index contributed by atoms with van der Waals surface area (Å²) in [5.74, 6) is 1.22. The molecule has 2 aromatic heterocycles. The van der Waals surface area contributed by atoms with Crippen molar-refractivity contribution in [2.75, 3.05) is 39.3 Å². The van der Waals surface area contributed by atoms with Gasteiger partial charge in [-0.05, 0) is 46.3 Å². The molecule has 2 amide bonds. The quantitative estimate of drug-likeness (QED) is 0.506. The van der Waals surface area contributed by atoms with E-state index in [1.54, 1.807) is 48.2 Å². The first kappa shape index (κ1) is 22.0. The molecule has 0 radical (unpaired) electrons. The van der Waals surface area contributed by atoms with Crippen LogP contribution in [0.25, 0.3) is 0 Å². The van der Waals surface area contributed by atoms with Crippen LogP contribution in [0.15, 0.2) is 58.8 Å². The zero-order valence-electron chi connectivity index (χ0n) is 17.8. The summed E-state index contributed by atoms with van der Waals surface area (Å²) in [6, 6.07) is 11.1. The van der Waals surface area contributed by atoms with E-state index in [2.05, 4.69) is 30.8 Å². The van der Waals surface area contributed by atoms with Crippen LogP contribution in [0.2, 0.25) is 0 Å². The summed E-state index contributed by atoms with van der Waals surface area (Å²) in [4.78, 5) is 40.3. The molecule has 0 N–H and O–H groups in total. The maximum Gasteiger partial charge on any atom is 0.265 e. The van der Waals surface area contributed by atoms with Gasteiger partial charge in [0.15, 0.2) is 0 Å². The van der Waals surface area contributed by atoms with E-state index in [1.165, 1.54) is 11.3 Å². The van der Waals surface area contributed by atoms with Gasteiger partial charge in [0.25, 0.3) is 11.8 Å². The number of carbonyl (C=O) groups is 2. The van der Waals surface area contributed by atoms with Gasteiger partial charge in [-0.15, -0.1) is 11.3 Å². The minimum atomic E-state index is 0.0265. The molecule has 0 aliphatic carbocycles. The number of rotatable bonds is 5. The third-order valence-electron chi connectivity index (χ3n) is 5.93. The number of aromatic nitrogens is 2. The fraction of sp³-hybridized carbons (Fsp3) is 0.304. The van der Waals surface area contributed by atoms with Crippen LogP contribution in [0.5, 0.6) is 11.6 Å². The van der Waals surface area contributed by atoms with Gasteiger partial charge in [0.1, 0.15) is 10.6 Å². The maximum atomic E-state index is 12.8. The summed E-state index contributed by atoms with van der Waals surface area (Å²) in [5, 5.41) is 0. The number of halogens is 1. The second kappa shape index (κ2) is 9.58. The molecule has 4 heterocycles. The van der Waals surface area contributed by atoms with Crippen molar-refractivity contribution in [1.82, 2.24) is 24.7 Å². The molecule has 2 aliphatic rings. The molecule has 170 valence electrons. The van der Waals surface area contributed by atoms with E-state index in [0.29, 0.717) is 54.3 Å². The van der Waals surface area contributed by atoms with E-state index in [9.17, 15) is 9.59 Å². The van der Waals surface area contributed by atoms with Gasteiger partial charge in [0, 0.05) is 67.6 Å². The number of nitrogens with zero attached hydrogens (tertiary/aromatic N) is 5. The summed E-state index contributed by atoms with van der Waals surface area (Å²) in [6.07, 6.45) is 3.30. The summed E-state index contributed by atoms with van der Waals surface area (Å²) < 4.78 is 6.60. The molecular formula is C23H22BrN5O3S. The Bertz CT molecular complexity index is 1110. The predicted molar refractivity (Wildman–Crippen MR) is 128 cm³/mol. The Balaban J connectivity index is 1.09. The molecule has 3 aromatic rings. The van der Waals surface area contributed by atoms with Gasteiger partial charge >= 0.3 is 0 Å². The Kier molecular flexibility index (Phi) is 6.39. The predicted octanol–water partition coefficient (Wildman–Crippen LogP) is 3.38. The number of pyridine rings is 1. The molecular weight excluding hydrogens is 506 g/mol. The number of carbonyl (C=O) groups excluding carboxylic acids is 2. The van der Waals surface area contributed by atoms with Gasteiger partial charge in [0.05, 0.1) is 11.7 Å². The first-order valence-electron chi connectivity index (χ1n) is 10.7. The Morgan fingerprint density at radius 3 is 2.33 bits per heavy atom. The summed E-state index contributed by atoms with van der Waals surface area (Å²) in [6.45, 7) is 4.48. The molecule has 0 spiro atoms. The summed E-state index contributed by atoms with van der Waals surface area (Å²) >= 11 is 4.72. The van der Waals surface area contributed by atoms with Gasteiger partial charge < -0.3 is 14.5 Å². The van der Waals surface area contributed by atoms with Crippen molar-refractivity contribution in [2.45, 2.75) is 6.04 Å². The highest BCUT2D eigenvalue weighted by molar-refractivity contribution is 9.10. The van der Waals surface area contributed by atoms with E-state index in [4.69, 9.17) is 4.74 Å². The number of hydrogen-bond donors (Lipinski definition) is 0. The maximum absolute atomic E-state index is 12.8. The normalized spacial score (nSPS) is 17.0. The number of ether oxygens (including phenoxy) is 1. The molecule has 1 aromatic carbocycles. The monoisotopic (exact) mass is 527 g/mol. The van der Waals surface area contributed by atoms with Crippen molar-refractivity contribution < 1.29 is 14.3 Å². The summed E-state index contributed by atoms with van der Waals surface area (Å²) in [5.41, 5.74) is 2.33.